The molecule has 3 aromatic heterocycles. The van der Waals surface area contributed by atoms with E-state index in [-0.39, 0.29) is 12.5 Å². The van der Waals surface area contributed by atoms with Crippen LogP contribution in [0, 0.1) is 0 Å². The zero-order valence-electron chi connectivity index (χ0n) is 18.6. The van der Waals surface area contributed by atoms with Crippen LogP contribution in [0.15, 0.2) is 61.2 Å². The Labute approximate surface area is 192 Å². The number of fused-ring (bicyclic) bond motifs is 1. The van der Waals surface area contributed by atoms with Gasteiger partial charge in [-0.1, -0.05) is 25.1 Å². The lowest BCUT2D eigenvalue weighted by Gasteiger charge is -2.36. The highest BCUT2D eigenvalue weighted by molar-refractivity contribution is 5.92. The third-order valence-electron chi connectivity index (χ3n) is 5.88. The molecule has 4 heterocycles. The van der Waals surface area contributed by atoms with Crippen molar-refractivity contribution < 1.29 is 4.79 Å². The fourth-order valence-electron chi connectivity index (χ4n) is 4.14. The fraction of sp³-hybridized carbons (Fsp3) is 0.292. The van der Waals surface area contributed by atoms with E-state index in [1.165, 1.54) is 5.56 Å². The summed E-state index contributed by atoms with van der Waals surface area (Å²) in [6.45, 7) is 5.53. The van der Waals surface area contributed by atoms with Crippen LogP contribution in [0.4, 0.5) is 17.3 Å². The van der Waals surface area contributed by atoms with Gasteiger partial charge in [-0.05, 0) is 36.2 Å². The van der Waals surface area contributed by atoms with E-state index in [0.717, 1.165) is 55.3 Å². The summed E-state index contributed by atoms with van der Waals surface area (Å²) in [5.74, 6) is 1.70. The second-order valence-corrected chi connectivity index (χ2v) is 8.00. The lowest BCUT2D eigenvalue weighted by atomic mass is 10.1. The van der Waals surface area contributed by atoms with Crippen LogP contribution in [0.2, 0.25) is 0 Å². The summed E-state index contributed by atoms with van der Waals surface area (Å²) in [5, 5.41) is 8.24. The molecular formula is C24H26N8O. The molecule has 9 nitrogen and oxygen atoms in total. The smallest absolute Gasteiger partial charge is 0.246 e. The number of aromatic nitrogens is 5. The van der Waals surface area contributed by atoms with E-state index in [1.54, 1.807) is 17.2 Å². The van der Waals surface area contributed by atoms with Gasteiger partial charge in [0.25, 0.3) is 0 Å². The van der Waals surface area contributed by atoms with E-state index in [2.05, 4.69) is 42.1 Å². The van der Waals surface area contributed by atoms with Gasteiger partial charge >= 0.3 is 0 Å². The molecule has 1 saturated heterocycles. The van der Waals surface area contributed by atoms with Gasteiger partial charge < -0.3 is 15.1 Å². The molecule has 168 valence electrons. The third kappa shape index (κ3) is 4.48. The van der Waals surface area contributed by atoms with Crippen molar-refractivity contribution in [3.05, 3.63) is 66.7 Å². The number of pyridine rings is 1. The molecule has 1 aliphatic heterocycles. The van der Waals surface area contributed by atoms with E-state index in [1.807, 2.05) is 48.7 Å². The minimum atomic E-state index is -0.141. The number of anilines is 3. The van der Waals surface area contributed by atoms with Gasteiger partial charge in [0.05, 0.1) is 11.6 Å². The molecule has 1 N–H and O–H groups in total. The molecule has 0 aliphatic carbocycles. The molecule has 1 aromatic carbocycles. The number of aryl methyl sites for hydroxylation is 1. The number of hydrogen-bond acceptors (Lipinski definition) is 7. The molecule has 0 unspecified atom stereocenters. The summed E-state index contributed by atoms with van der Waals surface area (Å²) >= 11 is 0. The van der Waals surface area contributed by atoms with Crippen molar-refractivity contribution >= 4 is 34.3 Å². The summed E-state index contributed by atoms with van der Waals surface area (Å²) in [6.07, 6.45) is 6.04. The van der Waals surface area contributed by atoms with Crippen LogP contribution >= 0.6 is 0 Å². The Hall–Kier alpha value is -4.01. The molecule has 0 spiro atoms. The maximum absolute atomic E-state index is 12.6. The molecule has 5 rings (SSSR count). The van der Waals surface area contributed by atoms with Gasteiger partial charge in [-0.15, -0.1) is 0 Å². The number of piperazine rings is 1. The quantitative estimate of drug-likeness (QED) is 0.491. The monoisotopic (exact) mass is 442 g/mol. The number of amides is 1. The van der Waals surface area contributed by atoms with Crippen LogP contribution in [0.5, 0.6) is 0 Å². The average molecular weight is 443 g/mol. The van der Waals surface area contributed by atoms with E-state index < -0.39 is 0 Å². The van der Waals surface area contributed by atoms with Gasteiger partial charge in [-0.2, -0.15) is 5.10 Å². The van der Waals surface area contributed by atoms with E-state index in [9.17, 15) is 4.79 Å². The zero-order chi connectivity index (χ0) is 22.6. The average Bonchev–Trinajstić information content (AvgIpc) is 3.27. The number of nitrogens with one attached hydrogen (secondary N) is 1. The molecule has 0 atom stereocenters. The second-order valence-electron chi connectivity index (χ2n) is 8.00. The Kier molecular flexibility index (Phi) is 5.84. The maximum Gasteiger partial charge on any atom is 0.246 e. The van der Waals surface area contributed by atoms with Crippen LogP contribution in [0.3, 0.4) is 0 Å². The molecule has 0 bridgehead atoms. The summed E-state index contributed by atoms with van der Waals surface area (Å²) in [4.78, 5) is 30.6. The fourth-order valence-corrected chi connectivity index (χ4v) is 4.14. The minimum Gasteiger partial charge on any atom is -0.353 e. The van der Waals surface area contributed by atoms with E-state index in [4.69, 9.17) is 0 Å². The molecule has 1 aliphatic rings. The van der Waals surface area contributed by atoms with E-state index >= 15 is 0 Å². The Bertz CT molecular complexity index is 1250. The van der Waals surface area contributed by atoms with Gasteiger partial charge in [0.1, 0.15) is 24.5 Å². The van der Waals surface area contributed by atoms with Gasteiger partial charge in [0.15, 0.2) is 5.65 Å². The van der Waals surface area contributed by atoms with Crippen LogP contribution in [0.1, 0.15) is 12.5 Å². The highest BCUT2D eigenvalue weighted by atomic mass is 16.2. The lowest BCUT2D eigenvalue weighted by molar-refractivity contribution is -0.116. The van der Waals surface area contributed by atoms with Crippen molar-refractivity contribution in [3.63, 3.8) is 0 Å². The largest absolute Gasteiger partial charge is 0.353 e. The molecule has 9 heteroatoms. The predicted molar refractivity (Wildman–Crippen MR) is 128 cm³/mol. The maximum atomic E-state index is 12.6. The first kappa shape index (κ1) is 20.9. The molecule has 1 amide bonds. The van der Waals surface area contributed by atoms with Crippen LogP contribution < -0.4 is 15.1 Å². The number of carbonyl (C=O) groups is 1. The molecule has 33 heavy (non-hydrogen) atoms. The topological polar surface area (TPSA) is 92.1 Å². The second kappa shape index (κ2) is 9.23. The van der Waals surface area contributed by atoms with E-state index in [0.29, 0.717) is 5.65 Å². The number of rotatable bonds is 6. The van der Waals surface area contributed by atoms with Crippen LogP contribution in [0.25, 0.3) is 11.0 Å². The van der Waals surface area contributed by atoms with Crippen molar-refractivity contribution in [1.82, 2.24) is 24.7 Å². The van der Waals surface area contributed by atoms with Gasteiger partial charge in [0.2, 0.25) is 5.91 Å². The third-order valence-corrected chi connectivity index (χ3v) is 5.88. The van der Waals surface area contributed by atoms with Crippen molar-refractivity contribution in [1.29, 1.82) is 0 Å². The first-order valence-electron chi connectivity index (χ1n) is 11.2. The molecule has 4 aromatic rings. The number of hydrogen-bond donors (Lipinski definition) is 1. The predicted octanol–water partition coefficient (Wildman–Crippen LogP) is 2.75. The van der Waals surface area contributed by atoms with Gasteiger partial charge in [0, 0.05) is 38.1 Å². The Morgan fingerprint density at radius 2 is 1.85 bits per heavy atom. The number of nitrogens with zero attached hydrogens (tertiary/aromatic N) is 7. The Morgan fingerprint density at radius 1 is 1.00 bits per heavy atom. The molecule has 1 fully saturated rings. The summed E-state index contributed by atoms with van der Waals surface area (Å²) in [7, 11) is 0. The first-order valence-corrected chi connectivity index (χ1v) is 11.2. The molecule has 0 saturated carbocycles. The van der Waals surface area contributed by atoms with Crippen LogP contribution in [-0.4, -0.2) is 56.8 Å². The molecule has 0 radical (unpaired) electrons. The van der Waals surface area contributed by atoms with Gasteiger partial charge in [-0.25, -0.2) is 19.6 Å². The zero-order valence-corrected chi connectivity index (χ0v) is 18.6. The SMILES string of the molecule is CCc1cccc(NC(=O)Cn2ncc3c(N4CCN(c5ccccn5)CC4)ncnc32)c1. The highest BCUT2D eigenvalue weighted by Gasteiger charge is 2.22. The minimum absolute atomic E-state index is 0.0871. The molecular weight excluding hydrogens is 416 g/mol. The summed E-state index contributed by atoms with van der Waals surface area (Å²) in [6, 6.07) is 13.8. The van der Waals surface area contributed by atoms with Crippen molar-refractivity contribution in [2.75, 3.05) is 41.3 Å². The normalized spacial score (nSPS) is 14.0. The van der Waals surface area contributed by atoms with Gasteiger partial charge in [-0.3, -0.25) is 4.79 Å². The highest BCUT2D eigenvalue weighted by Crippen LogP contribution is 2.24. The van der Waals surface area contributed by atoms with Crippen LogP contribution in [-0.2, 0) is 17.8 Å². The number of benzene rings is 1. The van der Waals surface area contributed by atoms with Crippen molar-refractivity contribution in [2.24, 2.45) is 0 Å². The lowest BCUT2D eigenvalue weighted by Crippen LogP contribution is -2.47. The van der Waals surface area contributed by atoms with Crippen molar-refractivity contribution in [2.45, 2.75) is 19.9 Å². The van der Waals surface area contributed by atoms with Crippen molar-refractivity contribution in [3.8, 4) is 0 Å². The first-order chi connectivity index (χ1) is 16.2. The summed E-state index contributed by atoms with van der Waals surface area (Å²) in [5.41, 5.74) is 2.62. The standard InChI is InChI=1S/C24H26N8O/c1-2-18-6-5-7-19(14-18)29-22(33)16-32-24-20(15-28-32)23(26-17-27-24)31-12-10-30(11-13-31)21-8-3-4-9-25-21/h3-9,14-15,17H,2,10-13,16H2,1H3,(H,29,33). The number of carbonyl (C=O) groups excluding carboxylic acids is 1. The Morgan fingerprint density at radius 3 is 2.64 bits per heavy atom. The summed E-state index contributed by atoms with van der Waals surface area (Å²) < 4.78 is 1.63. The Balaban J connectivity index is 1.29.